The number of nitrogens with two attached hydrogens (primary N) is 2. The van der Waals surface area contributed by atoms with E-state index in [1.165, 1.54) is 4.90 Å². The number of nitrogens with one attached hydrogen (secondary N) is 2. The molecule has 13 nitrogen and oxygen atoms in total. The Balaban J connectivity index is 2.61. The highest BCUT2D eigenvalue weighted by Gasteiger charge is 2.36. The van der Waals surface area contributed by atoms with Crippen molar-refractivity contribution in [3.8, 4) is 0 Å². The van der Waals surface area contributed by atoms with Gasteiger partial charge in [0.15, 0.2) is 0 Å². The molecular formula is C16H25N5O8. The van der Waals surface area contributed by atoms with E-state index in [4.69, 9.17) is 21.7 Å². The second-order valence-corrected chi connectivity index (χ2v) is 6.57. The monoisotopic (exact) mass is 415 g/mol. The van der Waals surface area contributed by atoms with Gasteiger partial charge in [-0.1, -0.05) is 0 Å². The number of aliphatic carboxylic acids is 2. The van der Waals surface area contributed by atoms with Crippen LogP contribution in [0.5, 0.6) is 0 Å². The molecule has 0 aromatic carbocycles. The first-order valence-electron chi connectivity index (χ1n) is 8.89. The van der Waals surface area contributed by atoms with Crippen molar-refractivity contribution in [2.75, 3.05) is 13.1 Å². The predicted octanol–water partition coefficient (Wildman–Crippen LogP) is -3.27. The number of rotatable bonds is 11. The van der Waals surface area contributed by atoms with Crippen LogP contribution in [0.3, 0.4) is 0 Å². The number of hydrogen-bond donors (Lipinski definition) is 6. The summed E-state index contributed by atoms with van der Waals surface area (Å²) in [7, 11) is 0. The van der Waals surface area contributed by atoms with E-state index in [0.717, 1.165) is 0 Å². The lowest BCUT2D eigenvalue weighted by Gasteiger charge is -2.25. The van der Waals surface area contributed by atoms with Gasteiger partial charge in [0.2, 0.25) is 23.6 Å². The molecule has 0 aliphatic carbocycles. The van der Waals surface area contributed by atoms with E-state index in [-0.39, 0.29) is 25.8 Å². The van der Waals surface area contributed by atoms with E-state index >= 15 is 0 Å². The van der Waals surface area contributed by atoms with Crippen LogP contribution in [-0.2, 0) is 28.8 Å². The van der Waals surface area contributed by atoms with E-state index in [1.54, 1.807) is 0 Å². The van der Waals surface area contributed by atoms with Crippen molar-refractivity contribution in [2.45, 2.75) is 50.2 Å². The summed E-state index contributed by atoms with van der Waals surface area (Å²) < 4.78 is 0. The molecule has 1 aliphatic rings. The van der Waals surface area contributed by atoms with Crippen molar-refractivity contribution in [3.05, 3.63) is 0 Å². The van der Waals surface area contributed by atoms with Crippen molar-refractivity contribution >= 4 is 35.6 Å². The van der Waals surface area contributed by atoms with Crippen molar-refractivity contribution in [1.82, 2.24) is 15.5 Å². The van der Waals surface area contributed by atoms with Gasteiger partial charge in [-0.2, -0.15) is 0 Å². The maximum Gasteiger partial charge on any atom is 0.326 e. The van der Waals surface area contributed by atoms with Crippen LogP contribution < -0.4 is 22.1 Å². The van der Waals surface area contributed by atoms with E-state index in [1.807, 2.05) is 0 Å². The Morgan fingerprint density at radius 1 is 1.14 bits per heavy atom. The van der Waals surface area contributed by atoms with Gasteiger partial charge in [-0.05, 0) is 19.3 Å². The minimum Gasteiger partial charge on any atom is -0.481 e. The number of carbonyl (C=O) groups is 6. The smallest absolute Gasteiger partial charge is 0.326 e. The van der Waals surface area contributed by atoms with E-state index in [0.29, 0.717) is 6.42 Å². The Hall–Kier alpha value is -3.22. The van der Waals surface area contributed by atoms with Crippen molar-refractivity contribution in [2.24, 2.45) is 11.5 Å². The lowest BCUT2D eigenvalue weighted by Crippen LogP contribution is -2.53. The van der Waals surface area contributed by atoms with Crippen molar-refractivity contribution in [1.29, 1.82) is 0 Å². The quantitative estimate of drug-likeness (QED) is 0.199. The number of hydrogen-bond acceptors (Lipinski definition) is 7. The van der Waals surface area contributed by atoms with Gasteiger partial charge in [0.1, 0.15) is 12.1 Å². The van der Waals surface area contributed by atoms with Crippen LogP contribution in [0, 0.1) is 0 Å². The Labute approximate surface area is 165 Å². The van der Waals surface area contributed by atoms with Gasteiger partial charge in [-0.3, -0.25) is 24.0 Å². The number of likely N-dealkylation sites (tertiary alicyclic amines) is 1. The van der Waals surface area contributed by atoms with Crippen LogP contribution >= 0.6 is 0 Å². The number of carboxylic acids is 2. The molecule has 1 aliphatic heterocycles. The molecule has 0 radical (unpaired) electrons. The fourth-order valence-corrected chi connectivity index (χ4v) is 2.80. The molecule has 29 heavy (non-hydrogen) atoms. The molecule has 1 fully saturated rings. The normalized spacial score (nSPS) is 17.8. The van der Waals surface area contributed by atoms with Crippen LogP contribution in [0.1, 0.15) is 32.1 Å². The minimum absolute atomic E-state index is 0.0181. The first kappa shape index (κ1) is 23.8. The van der Waals surface area contributed by atoms with Gasteiger partial charge >= 0.3 is 11.9 Å². The average Bonchev–Trinajstić information content (AvgIpc) is 3.12. The zero-order chi connectivity index (χ0) is 22.1. The largest absolute Gasteiger partial charge is 0.481 e. The van der Waals surface area contributed by atoms with Gasteiger partial charge < -0.3 is 37.2 Å². The molecule has 3 atom stereocenters. The highest BCUT2D eigenvalue weighted by atomic mass is 16.4. The molecule has 1 saturated heterocycles. The van der Waals surface area contributed by atoms with Gasteiger partial charge in [-0.15, -0.1) is 0 Å². The van der Waals surface area contributed by atoms with Gasteiger partial charge in [0.05, 0.1) is 19.0 Å². The first-order valence-corrected chi connectivity index (χ1v) is 8.89. The Kier molecular flexibility index (Phi) is 8.99. The third-order valence-corrected chi connectivity index (χ3v) is 4.32. The molecule has 1 rings (SSSR count). The fraction of sp³-hybridized carbons (Fsp3) is 0.625. The van der Waals surface area contributed by atoms with E-state index < -0.39 is 66.7 Å². The van der Waals surface area contributed by atoms with Crippen LogP contribution in [0.25, 0.3) is 0 Å². The molecule has 0 spiro atoms. The highest BCUT2D eigenvalue weighted by molar-refractivity contribution is 5.93. The van der Waals surface area contributed by atoms with Crippen LogP contribution in [-0.4, -0.2) is 81.9 Å². The number of amides is 4. The van der Waals surface area contributed by atoms with Crippen molar-refractivity contribution < 1.29 is 39.0 Å². The summed E-state index contributed by atoms with van der Waals surface area (Å²) in [5.41, 5.74) is 10.6. The molecule has 3 unspecified atom stereocenters. The van der Waals surface area contributed by atoms with Gasteiger partial charge in [0.25, 0.3) is 0 Å². The Bertz CT molecular complexity index is 682. The fourth-order valence-electron chi connectivity index (χ4n) is 2.80. The summed E-state index contributed by atoms with van der Waals surface area (Å²) in [6, 6.07) is -3.63. The molecule has 4 amide bonds. The van der Waals surface area contributed by atoms with Crippen LogP contribution in [0.2, 0.25) is 0 Å². The summed E-state index contributed by atoms with van der Waals surface area (Å²) in [4.78, 5) is 70.3. The molecular weight excluding hydrogens is 390 g/mol. The molecule has 0 bridgehead atoms. The topological polar surface area (TPSA) is 222 Å². The third-order valence-electron chi connectivity index (χ3n) is 4.32. The second kappa shape index (κ2) is 10.9. The van der Waals surface area contributed by atoms with Crippen LogP contribution in [0.15, 0.2) is 0 Å². The minimum atomic E-state index is -1.62. The standard InChI is InChI=1S/C16H25N5O8/c17-8(3-4-11(18)22)14(26)19-7-12(23)21-5-1-2-10(21)15(27)20-9(16(28)29)6-13(24)25/h8-10H,1-7,17H2,(H2,18,22)(H,19,26)(H,20,27)(H,24,25)(H,28,29). The SMILES string of the molecule is NC(=O)CCC(N)C(=O)NCC(=O)N1CCCC1C(=O)NC(CC(=O)O)C(=O)O. The number of primary amides is 1. The van der Waals surface area contributed by atoms with E-state index in [9.17, 15) is 28.8 Å². The molecule has 1 heterocycles. The number of carboxylic acid groups (broad SMARTS) is 2. The summed E-state index contributed by atoms with van der Waals surface area (Å²) in [5, 5.41) is 22.2. The summed E-state index contributed by atoms with van der Waals surface area (Å²) in [6.07, 6.45) is -0.126. The molecule has 8 N–H and O–H groups in total. The second-order valence-electron chi connectivity index (χ2n) is 6.57. The molecule has 0 aromatic heterocycles. The van der Waals surface area contributed by atoms with E-state index in [2.05, 4.69) is 10.6 Å². The highest BCUT2D eigenvalue weighted by Crippen LogP contribution is 2.17. The number of carbonyl (C=O) groups excluding carboxylic acids is 4. The summed E-state index contributed by atoms with van der Waals surface area (Å²) in [5.74, 6) is -5.54. The lowest BCUT2D eigenvalue weighted by atomic mass is 10.1. The maximum atomic E-state index is 12.4. The molecule has 0 saturated carbocycles. The number of nitrogens with zero attached hydrogens (tertiary/aromatic N) is 1. The average molecular weight is 415 g/mol. The predicted molar refractivity (Wildman–Crippen MR) is 96.0 cm³/mol. The van der Waals surface area contributed by atoms with Crippen molar-refractivity contribution in [3.63, 3.8) is 0 Å². The molecule has 162 valence electrons. The maximum absolute atomic E-state index is 12.4. The molecule has 13 heteroatoms. The molecule has 0 aromatic rings. The summed E-state index contributed by atoms with van der Waals surface area (Å²) >= 11 is 0. The zero-order valence-corrected chi connectivity index (χ0v) is 15.6. The Morgan fingerprint density at radius 3 is 2.34 bits per heavy atom. The lowest BCUT2D eigenvalue weighted by molar-refractivity contribution is -0.148. The van der Waals surface area contributed by atoms with Gasteiger partial charge in [-0.25, -0.2) is 4.79 Å². The third kappa shape index (κ3) is 7.73. The first-order chi connectivity index (χ1) is 13.5. The summed E-state index contributed by atoms with van der Waals surface area (Å²) in [6.45, 7) is -0.221. The Morgan fingerprint density at radius 2 is 1.79 bits per heavy atom. The van der Waals surface area contributed by atoms with Crippen LogP contribution in [0.4, 0.5) is 0 Å². The zero-order valence-electron chi connectivity index (χ0n) is 15.6. The van der Waals surface area contributed by atoms with Gasteiger partial charge in [0, 0.05) is 13.0 Å².